The van der Waals surface area contributed by atoms with Crippen LogP contribution in [0, 0.1) is 19.3 Å². The van der Waals surface area contributed by atoms with Gasteiger partial charge in [0.15, 0.2) is 5.78 Å². The van der Waals surface area contributed by atoms with Crippen molar-refractivity contribution in [3.05, 3.63) is 40.5 Å². The molecule has 0 radical (unpaired) electrons. The highest BCUT2D eigenvalue weighted by Crippen LogP contribution is 2.36. The van der Waals surface area contributed by atoms with Crippen LogP contribution in [0.1, 0.15) is 53.3 Å². The average molecular weight is 285 g/mol. The summed E-state index contributed by atoms with van der Waals surface area (Å²) in [6, 6.07) is 2.05. The summed E-state index contributed by atoms with van der Waals surface area (Å²) in [5, 5.41) is 4.32. The van der Waals surface area contributed by atoms with E-state index in [0.717, 1.165) is 24.2 Å². The summed E-state index contributed by atoms with van der Waals surface area (Å²) >= 11 is 0. The fourth-order valence-electron chi connectivity index (χ4n) is 3.30. The Bertz CT molecular complexity index is 719. The van der Waals surface area contributed by atoms with Crippen LogP contribution >= 0.6 is 0 Å². The third-order valence-electron chi connectivity index (χ3n) is 4.67. The van der Waals surface area contributed by atoms with Crippen LogP contribution in [0.3, 0.4) is 0 Å². The van der Waals surface area contributed by atoms with Gasteiger partial charge in [0.2, 0.25) is 0 Å². The topological polar surface area (TPSA) is 39.8 Å². The van der Waals surface area contributed by atoms with Crippen molar-refractivity contribution in [1.29, 1.82) is 0 Å². The van der Waals surface area contributed by atoms with Crippen molar-refractivity contribution >= 4 is 5.78 Å². The molecule has 112 valence electrons. The minimum atomic E-state index is 0.0522. The molecule has 0 spiro atoms. The maximum Gasteiger partial charge on any atom is 0.165 e. The molecule has 1 aliphatic carbocycles. The molecule has 0 saturated heterocycles. The van der Waals surface area contributed by atoms with Crippen molar-refractivity contribution in [2.45, 2.75) is 47.1 Å². The molecule has 0 saturated carbocycles. The van der Waals surface area contributed by atoms with Crippen LogP contribution in [0.5, 0.6) is 0 Å². The lowest BCUT2D eigenvalue weighted by Crippen LogP contribution is -2.28. The van der Waals surface area contributed by atoms with Gasteiger partial charge < -0.3 is 4.57 Å². The molecule has 0 aliphatic heterocycles. The molecule has 0 N–H and O–H groups in total. The number of Topliss-reactive ketones (excluding diaryl/α,β-unsaturated/α-hetero) is 1. The molecular weight excluding hydrogens is 262 g/mol. The van der Waals surface area contributed by atoms with Gasteiger partial charge in [-0.05, 0) is 31.7 Å². The van der Waals surface area contributed by atoms with E-state index >= 15 is 0 Å². The van der Waals surface area contributed by atoms with Gasteiger partial charge in [-0.1, -0.05) is 13.8 Å². The molecule has 0 unspecified atom stereocenters. The van der Waals surface area contributed by atoms with Crippen LogP contribution < -0.4 is 0 Å². The molecule has 3 rings (SSSR count). The van der Waals surface area contributed by atoms with Crippen LogP contribution in [0.15, 0.2) is 12.3 Å². The van der Waals surface area contributed by atoms with E-state index in [1.165, 1.54) is 17.0 Å². The number of aryl methyl sites for hydroxylation is 2. The number of rotatable bonds is 2. The second-order valence-electron chi connectivity index (χ2n) is 7.05. The standard InChI is InChI=1S/C17H23N3O/c1-11-6-14-15(7-17(3,4)8-16(14)21)20(11)10-13-9-18-19(5)12(13)2/h6,9H,7-8,10H2,1-5H3. The molecule has 4 nitrogen and oxygen atoms in total. The predicted molar refractivity (Wildman–Crippen MR) is 82.6 cm³/mol. The monoisotopic (exact) mass is 285 g/mol. The number of nitrogens with zero attached hydrogens (tertiary/aromatic N) is 3. The van der Waals surface area contributed by atoms with Gasteiger partial charge in [-0.15, -0.1) is 0 Å². The molecule has 2 heterocycles. The summed E-state index contributed by atoms with van der Waals surface area (Å²) in [7, 11) is 1.96. The quantitative estimate of drug-likeness (QED) is 0.851. The lowest BCUT2D eigenvalue weighted by atomic mass is 9.76. The largest absolute Gasteiger partial charge is 0.344 e. The van der Waals surface area contributed by atoms with Gasteiger partial charge in [0, 0.05) is 41.7 Å². The Morgan fingerprint density at radius 2 is 2.00 bits per heavy atom. The average Bonchev–Trinajstić information content (AvgIpc) is 2.85. The maximum absolute atomic E-state index is 12.4. The summed E-state index contributed by atoms with van der Waals surface area (Å²) < 4.78 is 4.19. The van der Waals surface area contributed by atoms with E-state index in [2.05, 4.69) is 43.4 Å². The third-order valence-corrected chi connectivity index (χ3v) is 4.67. The Morgan fingerprint density at radius 1 is 1.29 bits per heavy atom. The number of hydrogen-bond acceptors (Lipinski definition) is 2. The zero-order valence-corrected chi connectivity index (χ0v) is 13.5. The lowest BCUT2D eigenvalue weighted by molar-refractivity contribution is 0.0910. The minimum Gasteiger partial charge on any atom is -0.344 e. The number of hydrogen-bond donors (Lipinski definition) is 0. The first kappa shape index (κ1) is 14.1. The fourth-order valence-corrected chi connectivity index (χ4v) is 3.30. The van der Waals surface area contributed by atoms with E-state index in [9.17, 15) is 4.79 Å². The van der Waals surface area contributed by atoms with Gasteiger partial charge in [0.25, 0.3) is 0 Å². The summed E-state index contributed by atoms with van der Waals surface area (Å²) in [5.74, 6) is 0.283. The Morgan fingerprint density at radius 3 is 2.62 bits per heavy atom. The first-order chi connectivity index (χ1) is 9.78. The first-order valence-electron chi connectivity index (χ1n) is 7.48. The molecule has 2 aromatic rings. The van der Waals surface area contributed by atoms with E-state index < -0.39 is 0 Å². The molecule has 0 fully saturated rings. The molecule has 0 bridgehead atoms. The number of aromatic nitrogens is 3. The number of carbonyl (C=O) groups is 1. The fraction of sp³-hybridized carbons (Fsp3) is 0.529. The van der Waals surface area contributed by atoms with Crippen molar-refractivity contribution in [2.24, 2.45) is 12.5 Å². The number of ketones is 1. The molecule has 0 amide bonds. The maximum atomic E-state index is 12.4. The van der Waals surface area contributed by atoms with Gasteiger partial charge >= 0.3 is 0 Å². The van der Waals surface area contributed by atoms with E-state index in [4.69, 9.17) is 0 Å². The molecule has 0 atom stereocenters. The van der Waals surface area contributed by atoms with E-state index in [0.29, 0.717) is 6.42 Å². The second-order valence-corrected chi connectivity index (χ2v) is 7.05. The van der Waals surface area contributed by atoms with Crippen molar-refractivity contribution in [3.63, 3.8) is 0 Å². The van der Waals surface area contributed by atoms with E-state index in [1.807, 2.05) is 17.9 Å². The van der Waals surface area contributed by atoms with Crippen LogP contribution in [0.25, 0.3) is 0 Å². The third kappa shape index (κ3) is 2.33. The van der Waals surface area contributed by atoms with Crippen LogP contribution in [0.4, 0.5) is 0 Å². The first-order valence-corrected chi connectivity index (χ1v) is 7.48. The highest BCUT2D eigenvalue weighted by Gasteiger charge is 2.33. The SMILES string of the molecule is Cc1c(Cn2c(C)cc3c2CC(C)(C)CC3=O)cnn1C. The summed E-state index contributed by atoms with van der Waals surface area (Å²) in [6.07, 6.45) is 3.54. The summed E-state index contributed by atoms with van der Waals surface area (Å²) in [4.78, 5) is 12.4. The van der Waals surface area contributed by atoms with Crippen LogP contribution in [0.2, 0.25) is 0 Å². The van der Waals surface area contributed by atoms with Crippen molar-refractivity contribution in [1.82, 2.24) is 14.3 Å². The number of fused-ring (bicyclic) bond motifs is 1. The molecule has 4 heteroatoms. The van der Waals surface area contributed by atoms with Gasteiger partial charge in [0.05, 0.1) is 12.7 Å². The van der Waals surface area contributed by atoms with Crippen molar-refractivity contribution in [2.75, 3.05) is 0 Å². The minimum absolute atomic E-state index is 0.0522. The second kappa shape index (κ2) is 4.58. The van der Waals surface area contributed by atoms with Gasteiger partial charge in [-0.25, -0.2) is 0 Å². The van der Waals surface area contributed by atoms with Gasteiger partial charge in [-0.3, -0.25) is 9.48 Å². The highest BCUT2D eigenvalue weighted by molar-refractivity contribution is 5.99. The van der Waals surface area contributed by atoms with Crippen molar-refractivity contribution in [3.8, 4) is 0 Å². The van der Waals surface area contributed by atoms with Crippen LogP contribution in [-0.4, -0.2) is 20.1 Å². The summed E-state index contributed by atoms with van der Waals surface area (Å²) in [5.41, 5.74) is 5.73. The normalized spacial score (nSPS) is 17.1. The van der Waals surface area contributed by atoms with E-state index in [1.54, 1.807) is 0 Å². The molecule has 21 heavy (non-hydrogen) atoms. The predicted octanol–water partition coefficient (Wildman–Crippen LogP) is 3.04. The van der Waals surface area contributed by atoms with Crippen LogP contribution in [-0.2, 0) is 20.0 Å². The Kier molecular flexibility index (Phi) is 3.08. The molecule has 1 aliphatic rings. The molecular formula is C17H23N3O. The van der Waals surface area contributed by atoms with Gasteiger partial charge in [-0.2, -0.15) is 5.10 Å². The van der Waals surface area contributed by atoms with E-state index in [-0.39, 0.29) is 11.2 Å². The molecule has 2 aromatic heterocycles. The zero-order chi connectivity index (χ0) is 15.4. The summed E-state index contributed by atoms with van der Waals surface area (Å²) in [6.45, 7) is 9.32. The smallest absolute Gasteiger partial charge is 0.165 e. The Labute approximate surface area is 125 Å². The Hall–Kier alpha value is -1.84. The van der Waals surface area contributed by atoms with Gasteiger partial charge in [0.1, 0.15) is 0 Å². The molecule has 0 aromatic carbocycles. The zero-order valence-electron chi connectivity index (χ0n) is 13.5. The van der Waals surface area contributed by atoms with Crippen molar-refractivity contribution < 1.29 is 4.79 Å². The highest BCUT2D eigenvalue weighted by atomic mass is 16.1. The Balaban J connectivity index is 2.04. The number of carbonyl (C=O) groups excluding carboxylic acids is 1. The lowest BCUT2D eigenvalue weighted by Gasteiger charge is -2.29.